The molecule has 0 bridgehead atoms. The average Bonchev–Trinajstić information content (AvgIpc) is 3.57. The van der Waals surface area contributed by atoms with Crippen LogP contribution >= 0.6 is 0 Å². The lowest BCUT2D eigenvalue weighted by atomic mass is 9.66. The number of benzene rings is 8. The van der Waals surface area contributed by atoms with E-state index in [2.05, 4.69) is 158 Å². The molecule has 2 aliphatic rings. The number of nitrogens with zero attached hydrogens (tertiary/aromatic N) is 3. The molecule has 0 amide bonds. The molecule has 8 aromatic carbocycles. The van der Waals surface area contributed by atoms with Crippen LogP contribution in [-0.4, -0.2) is 15.0 Å². The molecule has 11 rings (SSSR count). The second kappa shape index (κ2) is 12.9. The molecule has 56 heavy (non-hydrogen) atoms. The van der Waals surface area contributed by atoms with E-state index in [9.17, 15) is 0 Å². The molecule has 4 heteroatoms. The Balaban J connectivity index is 1.08. The standard InChI is InChI=1S/C52H33N3O/c1-3-14-34(15-4-1)35-26-28-36(29-27-35)38-18-13-19-39(32-38)50-53-49(37-16-5-2-6-17-37)54-51(55-50)40-30-31-48-46(33-40)52(45-24-11-12-25-47(45)56-48)43-22-9-7-20-41(43)42-21-8-10-23-44(42)52/h1-33H. The van der Waals surface area contributed by atoms with Crippen molar-refractivity contribution in [2.75, 3.05) is 0 Å². The third-order valence-electron chi connectivity index (χ3n) is 11.2. The lowest BCUT2D eigenvalue weighted by Crippen LogP contribution is -2.32. The number of ether oxygens (including phenoxy) is 1. The van der Waals surface area contributed by atoms with Crippen molar-refractivity contribution >= 4 is 0 Å². The predicted octanol–water partition coefficient (Wildman–Crippen LogP) is 12.7. The van der Waals surface area contributed by atoms with Crippen LogP contribution in [0, 0.1) is 0 Å². The third-order valence-corrected chi connectivity index (χ3v) is 11.2. The van der Waals surface area contributed by atoms with Crippen molar-refractivity contribution in [2.45, 2.75) is 5.41 Å². The third kappa shape index (κ3) is 5.04. The zero-order chi connectivity index (χ0) is 37.1. The fourth-order valence-electron chi connectivity index (χ4n) is 8.67. The van der Waals surface area contributed by atoms with Crippen molar-refractivity contribution in [3.05, 3.63) is 222 Å². The van der Waals surface area contributed by atoms with Gasteiger partial charge in [-0.1, -0.05) is 170 Å². The zero-order valence-corrected chi connectivity index (χ0v) is 30.3. The number of para-hydroxylation sites is 1. The predicted molar refractivity (Wildman–Crippen MR) is 224 cm³/mol. The molecule has 0 unspecified atom stereocenters. The van der Waals surface area contributed by atoms with Crippen LogP contribution in [0.15, 0.2) is 200 Å². The Morgan fingerprint density at radius 3 is 1.38 bits per heavy atom. The Hall–Kier alpha value is -7.43. The van der Waals surface area contributed by atoms with Crippen LogP contribution in [0.5, 0.6) is 11.5 Å². The summed E-state index contributed by atoms with van der Waals surface area (Å²) in [6.07, 6.45) is 0. The maximum Gasteiger partial charge on any atom is 0.164 e. The fourth-order valence-corrected chi connectivity index (χ4v) is 8.67. The van der Waals surface area contributed by atoms with Crippen molar-refractivity contribution in [3.8, 4) is 79.0 Å². The molecular formula is C52H33N3O. The van der Waals surface area contributed by atoms with E-state index in [1.807, 2.05) is 42.5 Å². The monoisotopic (exact) mass is 715 g/mol. The van der Waals surface area contributed by atoms with Gasteiger partial charge in [0.25, 0.3) is 0 Å². The molecule has 0 N–H and O–H groups in total. The molecule has 2 heterocycles. The highest BCUT2D eigenvalue weighted by Crippen LogP contribution is 2.62. The molecule has 1 aromatic heterocycles. The van der Waals surface area contributed by atoms with E-state index < -0.39 is 5.41 Å². The van der Waals surface area contributed by atoms with E-state index in [0.29, 0.717) is 17.5 Å². The highest BCUT2D eigenvalue weighted by molar-refractivity contribution is 5.89. The highest BCUT2D eigenvalue weighted by Gasteiger charge is 2.51. The van der Waals surface area contributed by atoms with Gasteiger partial charge in [0.15, 0.2) is 17.5 Å². The summed E-state index contributed by atoms with van der Waals surface area (Å²) in [4.78, 5) is 15.5. The van der Waals surface area contributed by atoms with Crippen molar-refractivity contribution in [1.29, 1.82) is 0 Å². The smallest absolute Gasteiger partial charge is 0.164 e. The minimum absolute atomic E-state index is 0.587. The minimum atomic E-state index is -0.587. The molecule has 1 spiro atoms. The van der Waals surface area contributed by atoms with Gasteiger partial charge in [-0.3, -0.25) is 0 Å². The molecule has 0 radical (unpaired) electrons. The maximum atomic E-state index is 6.71. The van der Waals surface area contributed by atoms with Crippen LogP contribution in [0.25, 0.3) is 67.5 Å². The van der Waals surface area contributed by atoms with Crippen molar-refractivity contribution in [2.24, 2.45) is 0 Å². The van der Waals surface area contributed by atoms with Crippen LogP contribution in [0.1, 0.15) is 22.3 Å². The first-order valence-corrected chi connectivity index (χ1v) is 18.9. The summed E-state index contributed by atoms with van der Waals surface area (Å²) < 4.78 is 6.71. The minimum Gasteiger partial charge on any atom is -0.457 e. The Morgan fingerprint density at radius 2 is 0.714 bits per heavy atom. The fraction of sp³-hybridized carbons (Fsp3) is 0.0192. The lowest BCUT2D eigenvalue weighted by Gasteiger charge is -2.39. The Kier molecular flexibility index (Phi) is 7.36. The van der Waals surface area contributed by atoms with Gasteiger partial charge in [-0.05, 0) is 74.8 Å². The first-order chi connectivity index (χ1) is 27.7. The summed E-state index contributed by atoms with van der Waals surface area (Å²) in [5.41, 5.74) is 13.9. The van der Waals surface area contributed by atoms with Gasteiger partial charge in [-0.2, -0.15) is 0 Å². The molecule has 0 fully saturated rings. The summed E-state index contributed by atoms with van der Waals surface area (Å²) in [6, 6.07) is 70.2. The second-order valence-corrected chi connectivity index (χ2v) is 14.3. The van der Waals surface area contributed by atoms with E-state index in [-0.39, 0.29) is 0 Å². The second-order valence-electron chi connectivity index (χ2n) is 14.3. The topological polar surface area (TPSA) is 47.9 Å². The van der Waals surface area contributed by atoms with E-state index in [1.54, 1.807) is 0 Å². The van der Waals surface area contributed by atoms with E-state index in [0.717, 1.165) is 50.4 Å². The van der Waals surface area contributed by atoms with Gasteiger partial charge in [-0.15, -0.1) is 0 Å². The summed E-state index contributed by atoms with van der Waals surface area (Å²) in [7, 11) is 0. The van der Waals surface area contributed by atoms with E-state index in [1.165, 1.54) is 33.4 Å². The van der Waals surface area contributed by atoms with Gasteiger partial charge in [0.05, 0.1) is 5.41 Å². The summed E-state index contributed by atoms with van der Waals surface area (Å²) >= 11 is 0. The average molecular weight is 716 g/mol. The molecule has 0 atom stereocenters. The SMILES string of the molecule is c1ccc(-c2ccc(-c3cccc(-c4nc(-c5ccccc5)nc(-c5ccc6c(c5)C5(c7ccccc7O6)c6ccccc6-c6ccccc65)n4)c3)cc2)cc1. The molecule has 1 aliphatic carbocycles. The number of hydrogen-bond donors (Lipinski definition) is 0. The van der Waals surface area contributed by atoms with Gasteiger partial charge in [0, 0.05) is 27.8 Å². The molecular weight excluding hydrogens is 683 g/mol. The van der Waals surface area contributed by atoms with Gasteiger partial charge in [0.1, 0.15) is 11.5 Å². The summed E-state index contributed by atoms with van der Waals surface area (Å²) in [6.45, 7) is 0. The van der Waals surface area contributed by atoms with Crippen molar-refractivity contribution in [1.82, 2.24) is 15.0 Å². The van der Waals surface area contributed by atoms with Gasteiger partial charge in [-0.25, -0.2) is 15.0 Å². The number of rotatable bonds is 5. The van der Waals surface area contributed by atoms with Crippen molar-refractivity contribution < 1.29 is 4.74 Å². The lowest BCUT2D eigenvalue weighted by molar-refractivity contribution is 0.436. The maximum absolute atomic E-state index is 6.71. The normalized spacial score (nSPS) is 12.9. The van der Waals surface area contributed by atoms with E-state index >= 15 is 0 Å². The largest absolute Gasteiger partial charge is 0.457 e. The quantitative estimate of drug-likeness (QED) is 0.178. The number of hydrogen-bond acceptors (Lipinski definition) is 4. The van der Waals surface area contributed by atoms with Crippen LogP contribution in [0.3, 0.4) is 0 Å². The summed E-state index contributed by atoms with van der Waals surface area (Å²) in [5, 5.41) is 0. The van der Waals surface area contributed by atoms with Gasteiger partial charge in [0.2, 0.25) is 0 Å². The number of aromatic nitrogens is 3. The molecule has 1 aliphatic heterocycles. The molecule has 262 valence electrons. The van der Waals surface area contributed by atoms with Crippen molar-refractivity contribution in [3.63, 3.8) is 0 Å². The van der Waals surface area contributed by atoms with E-state index in [4.69, 9.17) is 19.7 Å². The van der Waals surface area contributed by atoms with Crippen LogP contribution in [0.4, 0.5) is 0 Å². The van der Waals surface area contributed by atoms with Crippen LogP contribution in [-0.2, 0) is 5.41 Å². The molecule has 4 nitrogen and oxygen atoms in total. The first-order valence-electron chi connectivity index (χ1n) is 18.9. The van der Waals surface area contributed by atoms with Gasteiger partial charge >= 0.3 is 0 Å². The van der Waals surface area contributed by atoms with Crippen LogP contribution < -0.4 is 4.74 Å². The van der Waals surface area contributed by atoms with Crippen LogP contribution in [0.2, 0.25) is 0 Å². The zero-order valence-electron chi connectivity index (χ0n) is 30.3. The first kappa shape index (κ1) is 32.0. The molecule has 0 saturated carbocycles. The molecule has 0 saturated heterocycles. The Bertz CT molecular complexity index is 2890. The Labute approximate surface area is 325 Å². The number of fused-ring (bicyclic) bond motifs is 9. The van der Waals surface area contributed by atoms with Gasteiger partial charge < -0.3 is 4.74 Å². The highest BCUT2D eigenvalue weighted by atomic mass is 16.5. The Morgan fingerprint density at radius 1 is 0.286 bits per heavy atom. The molecule has 9 aromatic rings. The summed E-state index contributed by atoms with van der Waals surface area (Å²) in [5.74, 6) is 3.52.